The van der Waals surface area contributed by atoms with E-state index in [2.05, 4.69) is 4.98 Å². The van der Waals surface area contributed by atoms with Gasteiger partial charge in [0.1, 0.15) is 12.0 Å². The minimum atomic E-state index is -3.10. The summed E-state index contributed by atoms with van der Waals surface area (Å²) >= 11 is 0. The molecule has 0 aliphatic heterocycles. The Kier molecular flexibility index (Phi) is 3.38. The zero-order valence-corrected chi connectivity index (χ0v) is 10.9. The van der Waals surface area contributed by atoms with Crippen LogP contribution in [0.1, 0.15) is 5.69 Å². The zero-order valence-electron chi connectivity index (χ0n) is 10.1. The smallest absolute Gasteiger partial charge is 0.226 e. The minimum absolute atomic E-state index is 0.118. The monoisotopic (exact) mass is 267 g/mol. The molecular weight excluding hydrogens is 254 g/mol. The van der Waals surface area contributed by atoms with Gasteiger partial charge in [-0.2, -0.15) is 0 Å². The molecule has 0 aliphatic rings. The fraction of sp³-hybridized carbons (Fsp3) is 0.250. The van der Waals surface area contributed by atoms with Crippen LogP contribution in [-0.4, -0.2) is 26.8 Å². The standard InChI is InChI=1S/C12H13NO4S/c1-16-11-5-3-9(4-6-11)12-13-10(7-17-12)8-18(2,14)15/h3-7H,8H2,1-2H3. The maximum atomic E-state index is 11.1. The number of aromatic nitrogens is 1. The highest BCUT2D eigenvalue weighted by Crippen LogP contribution is 2.22. The second-order valence-corrected chi connectivity index (χ2v) is 6.08. The van der Waals surface area contributed by atoms with Crippen molar-refractivity contribution in [3.8, 4) is 17.2 Å². The Morgan fingerprint density at radius 3 is 2.50 bits per heavy atom. The topological polar surface area (TPSA) is 69.4 Å². The fourth-order valence-electron chi connectivity index (χ4n) is 1.51. The van der Waals surface area contributed by atoms with E-state index in [0.29, 0.717) is 11.6 Å². The Hall–Kier alpha value is -1.82. The van der Waals surface area contributed by atoms with Gasteiger partial charge in [-0.15, -0.1) is 0 Å². The van der Waals surface area contributed by atoms with E-state index in [0.717, 1.165) is 17.6 Å². The molecule has 2 aromatic rings. The van der Waals surface area contributed by atoms with E-state index < -0.39 is 9.84 Å². The molecule has 0 amide bonds. The first-order chi connectivity index (χ1) is 8.48. The lowest BCUT2D eigenvalue weighted by Crippen LogP contribution is -2.00. The van der Waals surface area contributed by atoms with Crippen molar-refractivity contribution in [3.63, 3.8) is 0 Å². The molecule has 0 spiro atoms. The molecule has 0 atom stereocenters. The Bertz CT molecular complexity index is 628. The quantitative estimate of drug-likeness (QED) is 0.846. The summed E-state index contributed by atoms with van der Waals surface area (Å²) in [5.74, 6) is 1.02. The van der Waals surface area contributed by atoms with Gasteiger partial charge in [0.2, 0.25) is 5.89 Å². The molecule has 0 radical (unpaired) electrons. The molecule has 0 saturated carbocycles. The van der Waals surface area contributed by atoms with Crippen LogP contribution >= 0.6 is 0 Å². The van der Waals surface area contributed by atoms with Crippen LogP contribution in [0.15, 0.2) is 34.9 Å². The molecule has 5 nitrogen and oxygen atoms in total. The van der Waals surface area contributed by atoms with Crippen LogP contribution in [0.2, 0.25) is 0 Å². The van der Waals surface area contributed by atoms with Gasteiger partial charge in [-0.1, -0.05) is 0 Å². The summed E-state index contributed by atoms with van der Waals surface area (Å²) in [4.78, 5) is 4.13. The minimum Gasteiger partial charge on any atom is -0.497 e. The predicted molar refractivity (Wildman–Crippen MR) is 67.0 cm³/mol. The van der Waals surface area contributed by atoms with Crippen molar-refractivity contribution in [3.05, 3.63) is 36.2 Å². The summed E-state index contributed by atoms with van der Waals surface area (Å²) in [6.07, 6.45) is 2.52. The highest BCUT2D eigenvalue weighted by Gasteiger charge is 2.11. The van der Waals surface area contributed by atoms with Gasteiger partial charge in [0.05, 0.1) is 18.6 Å². The predicted octanol–water partition coefficient (Wildman–Crippen LogP) is 1.89. The van der Waals surface area contributed by atoms with E-state index >= 15 is 0 Å². The molecule has 1 heterocycles. The maximum absolute atomic E-state index is 11.1. The van der Waals surface area contributed by atoms with E-state index in [9.17, 15) is 8.42 Å². The number of rotatable bonds is 4. The van der Waals surface area contributed by atoms with Gasteiger partial charge in [0.25, 0.3) is 0 Å². The summed E-state index contributed by atoms with van der Waals surface area (Å²) in [5, 5.41) is 0. The summed E-state index contributed by atoms with van der Waals surface area (Å²) in [5.41, 5.74) is 1.18. The van der Waals surface area contributed by atoms with Gasteiger partial charge in [0.15, 0.2) is 9.84 Å². The molecule has 0 N–H and O–H groups in total. The molecule has 18 heavy (non-hydrogen) atoms. The van der Waals surface area contributed by atoms with E-state index in [4.69, 9.17) is 9.15 Å². The summed E-state index contributed by atoms with van der Waals surface area (Å²) in [6, 6.07) is 7.18. The molecule has 0 unspecified atom stereocenters. The average molecular weight is 267 g/mol. The first-order valence-corrected chi connectivity index (χ1v) is 7.30. The summed E-state index contributed by atoms with van der Waals surface area (Å²) in [6.45, 7) is 0. The van der Waals surface area contributed by atoms with Crippen LogP contribution in [0.3, 0.4) is 0 Å². The van der Waals surface area contributed by atoms with Crippen molar-refractivity contribution in [2.45, 2.75) is 5.75 Å². The molecule has 6 heteroatoms. The lowest BCUT2D eigenvalue weighted by Gasteiger charge is -1.99. The average Bonchev–Trinajstić information content (AvgIpc) is 2.75. The van der Waals surface area contributed by atoms with Gasteiger partial charge < -0.3 is 9.15 Å². The Labute approximate surface area is 105 Å². The number of nitrogens with zero attached hydrogens (tertiary/aromatic N) is 1. The molecule has 0 fully saturated rings. The fourth-order valence-corrected chi connectivity index (χ4v) is 2.18. The SMILES string of the molecule is COc1ccc(-c2nc(CS(C)(=O)=O)co2)cc1. The molecule has 0 aliphatic carbocycles. The molecule has 96 valence electrons. The van der Waals surface area contributed by atoms with Crippen molar-refractivity contribution >= 4 is 9.84 Å². The molecule has 0 saturated heterocycles. The first kappa shape index (κ1) is 12.6. The van der Waals surface area contributed by atoms with E-state index in [1.807, 2.05) is 0 Å². The molecule has 1 aromatic heterocycles. The Balaban J connectivity index is 2.23. The first-order valence-electron chi connectivity index (χ1n) is 5.24. The van der Waals surface area contributed by atoms with Gasteiger partial charge >= 0.3 is 0 Å². The van der Waals surface area contributed by atoms with Crippen molar-refractivity contribution in [2.75, 3.05) is 13.4 Å². The highest BCUT2D eigenvalue weighted by atomic mass is 32.2. The number of hydrogen-bond acceptors (Lipinski definition) is 5. The second kappa shape index (κ2) is 4.81. The molecular formula is C12H13NO4S. The van der Waals surface area contributed by atoms with Crippen LogP contribution in [-0.2, 0) is 15.6 Å². The summed E-state index contributed by atoms with van der Waals surface area (Å²) < 4.78 is 32.6. The molecule has 1 aromatic carbocycles. The number of oxazole rings is 1. The van der Waals surface area contributed by atoms with E-state index in [-0.39, 0.29) is 5.75 Å². The van der Waals surface area contributed by atoms with Crippen LogP contribution < -0.4 is 4.74 Å². The second-order valence-electron chi connectivity index (χ2n) is 3.94. The third-order valence-electron chi connectivity index (χ3n) is 2.30. The summed E-state index contributed by atoms with van der Waals surface area (Å²) in [7, 11) is -1.51. The van der Waals surface area contributed by atoms with Gasteiger partial charge in [0, 0.05) is 11.8 Å². The third kappa shape index (κ3) is 3.10. The number of benzene rings is 1. The van der Waals surface area contributed by atoms with Crippen LogP contribution in [0.5, 0.6) is 5.75 Å². The Morgan fingerprint density at radius 1 is 1.28 bits per heavy atom. The Morgan fingerprint density at radius 2 is 1.94 bits per heavy atom. The highest BCUT2D eigenvalue weighted by molar-refractivity contribution is 7.89. The van der Waals surface area contributed by atoms with E-state index in [1.54, 1.807) is 31.4 Å². The van der Waals surface area contributed by atoms with Crippen LogP contribution in [0.25, 0.3) is 11.5 Å². The number of methoxy groups -OCH3 is 1. The maximum Gasteiger partial charge on any atom is 0.226 e. The largest absolute Gasteiger partial charge is 0.497 e. The normalized spacial score (nSPS) is 11.4. The van der Waals surface area contributed by atoms with Crippen molar-refractivity contribution in [1.29, 1.82) is 0 Å². The third-order valence-corrected chi connectivity index (χ3v) is 3.12. The van der Waals surface area contributed by atoms with Crippen LogP contribution in [0.4, 0.5) is 0 Å². The van der Waals surface area contributed by atoms with Gasteiger partial charge in [-0.25, -0.2) is 13.4 Å². The lowest BCUT2D eigenvalue weighted by atomic mass is 10.2. The van der Waals surface area contributed by atoms with Crippen molar-refractivity contribution in [1.82, 2.24) is 4.98 Å². The van der Waals surface area contributed by atoms with Crippen molar-refractivity contribution in [2.24, 2.45) is 0 Å². The lowest BCUT2D eigenvalue weighted by molar-refractivity contribution is 0.415. The van der Waals surface area contributed by atoms with Crippen molar-refractivity contribution < 1.29 is 17.6 Å². The van der Waals surface area contributed by atoms with Crippen LogP contribution in [0, 0.1) is 0 Å². The number of sulfone groups is 1. The number of ether oxygens (including phenoxy) is 1. The molecule has 0 bridgehead atoms. The number of hydrogen-bond donors (Lipinski definition) is 0. The van der Waals surface area contributed by atoms with Gasteiger partial charge in [-0.3, -0.25) is 0 Å². The zero-order chi connectivity index (χ0) is 13.2. The molecule has 2 rings (SSSR count). The van der Waals surface area contributed by atoms with Gasteiger partial charge in [-0.05, 0) is 24.3 Å². The van der Waals surface area contributed by atoms with E-state index in [1.165, 1.54) is 6.26 Å².